The van der Waals surface area contributed by atoms with Gasteiger partial charge in [-0.25, -0.2) is 0 Å². The number of alkyl halides is 1. The highest BCUT2D eigenvalue weighted by molar-refractivity contribution is 6.18. The van der Waals surface area contributed by atoms with Crippen molar-refractivity contribution in [3.8, 4) is 0 Å². The van der Waals surface area contributed by atoms with Gasteiger partial charge in [-0.1, -0.05) is 30.3 Å². The first-order chi connectivity index (χ1) is 9.34. The van der Waals surface area contributed by atoms with Crippen molar-refractivity contribution in [1.82, 2.24) is 0 Å². The molecule has 3 rings (SSSR count). The molecule has 1 aromatic carbocycles. The Labute approximate surface area is 120 Å². The molecule has 0 spiro atoms. The van der Waals surface area contributed by atoms with Gasteiger partial charge in [0.05, 0.1) is 19.3 Å². The van der Waals surface area contributed by atoms with Crippen molar-refractivity contribution in [3.05, 3.63) is 35.9 Å². The maximum Gasteiger partial charge on any atom is 0.0717 e. The monoisotopic (exact) mass is 280 g/mol. The van der Waals surface area contributed by atoms with Crippen LogP contribution < -0.4 is 0 Å². The van der Waals surface area contributed by atoms with Crippen LogP contribution in [0.4, 0.5) is 0 Å². The van der Waals surface area contributed by atoms with Crippen LogP contribution in [0.2, 0.25) is 0 Å². The van der Waals surface area contributed by atoms with Gasteiger partial charge in [-0.2, -0.15) is 0 Å². The molecule has 0 N–H and O–H groups in total. The summed E-state index contributed by atoms with van der Waals surface area (Å²) >= 11 is 6.25. The average Bonchev–Trinajstić information content (AvgIpc) is 3.21. The van der Waals surface area contributed by atoms with Crippen molar-refractivity contribution in [1.29, 1.82) is 0 Å². The van der Waals surface area contributed by atoms with Crippen molar-refractivity contribution in [2.45, 2.75) is 32.0 Å². The van der Waals surface area contributed by atoms with Crippen LogP contribution in [0.5, 0.6) is 0 Å². The van der Waals surface area contributed by atoms with E-state index in [1.165, 1.54) is 18.4 Å². The zero-order valence-electron chi connectivity index (χ0n) is 11.2. The zero-order chi connectivity index (χ0) is 13.1. The van der Waals surface area contributed by atoms with E-state index in [2.05, 4.69) is 12.1 Å². The molecular weight excluding hydrogens is 260 g/mol. The SMILES string of the molecule is ClCC1(COCc2ccccc2)CCOC1C1CC1. The predicted octanol–water partition coefficient (Wildman–Crippen LogP) is 3.63. The van der Waals surface area contributed by atoms with E-state index in [4.69, 9.17) is 21.1 Å². The van der Waals surface area contributed by atoms with E-state index in [9.17, 15) is 0 Å². The summed E-state index contributed by atoms with van der Waals surface area (Å²) in [6.07, 6.45) is 3.94. The molecule has 19 heavy (non-hydrogen) atoms. The third-order valence-electron chi connectivity index (χ3n) is 4.32. The molecule has 3 heteroatoms. The number of halogens is 1. The molecule has 2 aliphatic rings. The predicted molar refractivity (Wildman–Crippen MR) is 76.3 cm³/mol. The van der Waals surface area contributed by atoms with Crippen LogP contribution in [-0.2, 0) is 16.1 Å². The van der Waals surface area contributed by atoms with E-state index in [0.29, 0.717) is 25.2 Å². The molecule has 1 saturated carbocycles. The number of benzene rings is 1. The van der Waals surface area contributed by atoms with E-state index in [0.717, 1.165) is 18.9 Å². The lowest BCUT2D eigenvalue weighted by Gasteiger charge is -2.32. The summed E-state index contributed by atoms with van der Waals surface area (Å²) in [6, 6.07) is 10.3. The van der Waals surface area contributed by atoms with Gasteiger partial charge in [0.25, 0.3) is 0 Å². The van der Waals surface area contributed by atoms with E-state index >= 15 is 0 Å². The Hall–Kier alpha value is -0.570. The topological polar surface area (TPSA) is 18.5 Å². The first-order valence-electron chi connectivity index (χ1n) is 7.13. The summed E-state index contributed by atoms with van der Waals surface area (Å²) in [7, 11) is 0. The molecule has 1 aromatic rings. The Morgan fingerprint density at radius 3 is 2.74 bits per heavy atom. The third-order valence-corrected chi connectivity index (χ3v) is 4.85. The number of ether oxygens (including phenoxy) is 2. The fraction of sp³-hybridized carbons (Fsp3) is 0.625. The van der Waals surface area contributed by atoms with Crippen LogP contribution >= 0.6 is 11.6 Å². The molecule has 0 bridgehead atoms. The van der Waals surface area contributed by atoms with Crippen molar-refractivity contribution < 1.29 is 9.47 Å². The lowest BCUT2D eigenvalue weighted by molar-refractivity contribution is -0.0193. The van der Waals surface area contributed by atoms with Gasteiger partial charge >= 0.3 is 0 Å². The van der Waals surface area contributed by atoms with Gasteiger partial charge < -0.3 is 9.47 Å². The number of hydrogen-bond acceptors (Lipinski definition) is 2. The van der Waals surface area contributed by atoms with Crippen LogP contribution in [0.1, 0.15) is 24.8 Å². The highest BCUT2D eigenvalue weighted by Crippen LogP contribution is 2.48. The van der Waals surface area contributed by atoms with Gasteiger partial charge in [-0.3, -0.25) is 0 Å². The minimum atomic E-state index is 0.0392. The Balaban J connectivity index is 1.57. The minimum absolute atomic E-state index is 0.0392. The standard InChI is InChI=1S/C16H21ClO2/c17-11-16(8-9-19-15(16)14-6-7-14)12-18-10-13-4-2-1-3-5-13/h1-5,14-15H,6-12H2. The summed E-state index contributed by atoms with van der Waals surface area (Å²) in [5, 5.41) is 0. The molecule has 1 aliphatic heterocycles. The van der Waals surface area contributed by atoms with Crippen molar-refractivity contribution in [2.75, 3.05) is 19.1 Å². The Kier molecular flexibility index (Phi) is 4.11. The van der Waals surface area contributed by atoms with Crippen LogP contribution in [0.3, 0.4) is 0 Å². The molecule has 104 valence electrons. The number of hydrogen-bond donors (Lipinski definition) is 0. The van der Waals surface area contributed by atoms with E-state index in [1.54, 1.807) is 0 Å². The zero-order valence-corrected chi connectivity index (χ0v) is 11.9. The molecule has 0 radical (unpaired) electrons. The molecule has 0 amide bonds. The maximum atomic E-state index is 6.25. The summed E-state index contributed by atoms with van der Waals surface area (Å²) in [4.78, 5) is 0. The van der Waals surface area contributed by atoms with Gasteiger partial charge in [-0.05, 0) is 30.7 Å². The first kappa shape index (κ1) is 13.4. The van der Waals surface area contributed by atoms with E-state index in [1.807, 2.05) is 18.2 Å². The second kappa shape index (κ2) is 5.82. The molecule has 2 fully saturated rings. The molecule has 2 nitrogen and oxygen atoms in total. The second-order valence-electron chi connectivity index (χ2n) is 5.85. The maximum absolute atomic E-state index is 6.25. The highest BCUT2D eigenvalue weighted by Gasteiger charge is 2.50. The fourth-order valence-electron chi connectivity index (χ4n) is 3.03. The third kappa shape index (κ3) is 2.96. The highest BCUT2D eigenvalue weighted by atomic mass is 35.5. The Morgan fingerprint density at radius 1 is 1.26 bits per heavy atom. The normalized spacial score (nSPS) is 30.7. The van der Waals surface area contributed by atoms with Crippen LogP contribution in [0.25, 0.3) is 0 Å². The first-order valence-corrected chi connectivity index (χ1v) is 7.67. The molecule has 1 aliphatic carbocycles. The summed E-state index contributed by atoms with van der Waals surface area (Å²) in [5.41, 5.74) is 1.26. The molecule has 2 atom stereocenters. The van der Waals surface area contributed by atoms with Gasteiger partial charge in [-0.15, -0.1) is 11.6 Å². The average molecular weight is 281 g/mol. The number of rotatable bonds is 6. The summed E-state index contributed by atoms with van der Waals surface area (Å²) in [6.45, 7) is 2.21. The summed E-state index contributed by atoms with van der Waals surface area (Å²) in [5.74, 6) is 1.37. The van der Waals surface area contributed by atoms with Gasteiger partial charge in [0.1, 0.15) is 0 Å². The molecular formula is C16H21ClO2. The molecule has 1 heterocycles. The molecule has 1 saturated heterocycles. The van der Waals surface area contributed by atoms with Crippen LogP contribution in [-0.4, -0.2) is 25.2 Å². The van der Waals surface area contributed by atoms with Gasteiger partial charge in [0, 0.05) is 17.9 Å². The molecule has 0 aromatic heterocycles. The minimum Gasteiger partial charge on any atom is -0.377 e. The fourth-order valence-corrected chi connectivity index (χ4v) is 3.39. The van der Waals surface area contributed by atoms with E-state index < -0.39 is 0 Å². The summed E-state index contributed by atoms with van der Waals surface area (Å²) < 4.78 is 11.9. The van der Waals surface area contributed by atoms with Crippen LogP contribution in [0.15, 0.2) is 30.3 Å². The van der Waals surface area contributed by atoms with Crippen LogP contribution in [0, 0.1) is 11.3 Å². The van der Waals surface area contributed by atoms with E-state index in [-0.39, 0.29) is 5.41 Å². The lowest BCUT2D eigenvalue weighted by Crippen LogP contribution is -2.38. The smallest absolute Gasteiger partial charge is 0.0717 e. The Morgan fingerprint density at radius 2 is 2.05 bits per heavy atom. The largest absolute Gasteiger partial charge is 0.377 e. The quantitative estimate of drug-likeness (QED) is 0.741. The second-order valence-corrected chi connectivity index (χ2v) is 6.12. The van der Waals surface area contributed by atoms with Crippen molar-refractivity contribution in [2.24, 2.45) is 11.3 Å². The van der Waals surface area contributed by atoms with Gasteiger partial charge in [0.2, 0.25) is 0 Å². The van der Waals surface area contributed by atoms with Crippen molar-refractivity contribution >= 4 is 11.6 Å². The van der Waals surface area contributed by atoms with Crippen molar-refractivity contribution in [3.63, 3.8) is 0 Å². The Bertz CT molecular complexity index is 404. The lowest BCUT2D eigenvalue weighted by atomic mass is 9.81. The molecule has 2 unspecified atom stereocenters. The van der Waals surface area contributed by atoms with Gasteiger partial charge in [0.15, 0.2) is 0 Å².